The number of hydrogen-bond donors (Lipinski definition) is 2. The summed E-state index contributed by atoms with van der Waals surface area (Å²) in [5.74, 6) is -0.766. The number of carbonyl (C=O) groups is 1. The Morgan fingerprint density at radius 3 is 1.69 bits per heavy atom. The van der Waals surface area contributed by atoms with Crippen molar-refractivity contribution in [2.75, 3.05) is 19.6 Å². The fourth-order valence-corrected chi connectivity index (χ4v) is 2.36. The highest BCUT2D eigenvalue weighted by atomic mass is 16.4. The van der Waals surface area contributed by atoms with Gasteiger partial charge in [-0.3, -0.25) is 0 Å². The summed E-state index contributed by atoms with van der Waals surface area (Å²) in [6.07, 6.45) is 9.63. The molecule has 0 aliphatic rings. The van der Waals surface area contributed by atoms with Crippen molar-refractivity contribution in [1.82, 2.24) is 4.90 Å². The van der Waals surface area contributed by atoms with Crippen LogP contribution in [-0.4, -0.2) is 40.7 Å². The fourth-order valence-electron chi connectivity index (χ4n) is 2.36. The maximum absolute atomic E-state index is 10.5. The summed E-state index contributed by atoms with van der Waals surface area (Å²) >= 11 is 0. The first kappa shape index (κ1) is 24.2. The average Bonchev–Trinajstić information content (AvgIpc) is 2.63. The van der Waals surface area contributed by atoms with E-state index in [1.807, 2.05) is 0 Å². The highest BCUT2D eigenvalue weighted by molar-refractivity contribution is 5.91. The molecule has 0 atom stereocenters. The van der Waals surface area contributed by atoms with Crippen LogP contribution in [0.15, 0.2) is 29.8 Å². The molecule has 0 radical (unpaired) electrons. The van der Waals surface area contributed by atoms with Crippen LogP contribution in [0.2, 0.25) is 0 Å². The minimum atomic E-state index is -0.937. The smallest absolute Gasteiger partial charge is 0.331 e. The van der Waals surface area contributed by atoms with Gasteiger partial charge >= 0.3 is 5.97 Å². The summed E-state index contributed by atoms with van der Waals surface area (Å²) in [5, 5.41) is 17.5. The van der Waals surface area contributed by atoms with Gasteiger partial charge in [0, 0.05) is 5.57 Å². The Balaban J connectivity index is 0.000000481. The van der Waals surface area contributed by atoms with Crippen molar-refractivity contribution in [3.05, 3.63) is 35.4 Å². The van der Waals surface area contributed by atoms with Crippen LogP contribution in [0.1, 0.15) is 71.8 Å². The molecule has 0 spiro atoms. The third-order valence-electron chi connectivity index (χ3n) is 4.10. The number of phenols is 1. The molecule has 1 aromatic rings. The van der Waals surface area contributed by atoms with E-state index in [9.17, 15) is 4.79 Å². The lowest BCUT2D eigenvalue weighted by molar-refractivity contribution is -0.132. The van der Waals surface area contributed by atoms with Crippen molar-refractivity contribution in [1.29, 1.82) is 0 Å². The Labute approximate surface area is 159 Å². The molecule has 4 nitrogen and oxygen atoms in total. The van der Waals surface area contributed by atoms with E-state index in [0.717, 1.165) is 5.56 Å². The van der Waals surface area contributed by atoms with Gasteiger partial charge in [-0.15, -0.1) is 0 Å². The predicted molar refractivity (Wildman–Crippen MR) is 111 cm³/mol. The lowest BCUT2D eigenvalue weighted by Crippen LogP contribution is -2.27. The number of unbranched alkanes of at least 4 members (excludes halogenated alkanes) is 3. The first-order valence-corrected chi connectivity index (χ1v) is 9.87. The van der Waals surface area contributed by atoms with Gasteiger partial charge in [0.1, 0.15) is 5.75 Å². The average molecular weight is 364 g/mol. The first-order chi connectivity index (χ1) is 12.4. The Kier molecular flexibility index (Phi) is 14.4. The molecule has 0 unspecified atom stereocenters. The zero-order valence-electron chi connectivity index (χ0n) is 17.0. The summed E-state index contributed by atoms with van der Waals surface area (Å²) in [7, 11) is 0. The molecule has 0 saturated heterocycles. The molecule has 1 rings (SSSR count). The maximum atomic E-state index is 10.5. The van der Waals surface area contributed by atoms with E-state index in [1.54, 1.807) is 18.2 Å². The van der Waals surface area contributed by atoms with Crippen LogP contribution >= 0.6 is 0 Å². The van der Waals surface area contributed by atoms with E-state index >= 15 is 0 Å². The van der Waals surface area contributed by atoms with Gasteiger partial charge in [0.15, 0.2) is 0 Å². The van der Waals surface area contributed by atoms with Crippen molar-refractivity contribution in [3.63, 3.8) is 0 Å². The Bertz CT molecular complexity index is 490. The zero-order chi connectivity index (χ0) is 19.8. The molecule has 0 aliphatic heterocycles. The topological polar surface area (TPSA) is 60.8 Å². The van der Waals surface area contributed by atoms with E-state index in [4.69, 9.17) is 10.2 Å². The SMILES string of the molecule is CC(=Cc1ccc(O)cc1)C(=O)O.CCCCN(CCCC)CCCC. The van der Waals surface area contributed by atoms with Gasteiger partial charge < -0.3 is 15.1 Å². The van der Waals surface area contributed by atoms with Gasteiger partial charge in [0.25, 0.3) is 0 Å². The normalized spacial score (nSPS) is 11.2. The van der Waals surface area contributed by atoms with Gasteiger partial charge in [0.2, 0.25) is 0 Å². The molecule has 0 amide bonds. The van der Waals surface area contributed by atoms with Crippen LogP contribution in [0, 0.1) is 0 Å². The fraction of sp³-hybridized carbons (Fsp3) is 0.591. The van der Waals surface area contributed by atoms with E-state index in [-0.39, 0.29) is 11.3 Å². The van der Waals surface area contributed by atoms with E-state index in [2.05, 4.69) is 25.7 Å². The first-order valence-electron chi connectivity index (χ1n) is 9.87. The van der Waals surface area contributed by atoms with Crippen LogP contribution in [-0.2, 0) is 4.79 Å². The Morgan fingerprint density at radius 2 is 1.35 bits per heavy atom. The van der Waals surface area contributed by atoms with Crippen molar-refractivity contribution in [3.8, 4) is 5.75 Å². The largest absolute Gasteiger partial charge is 0.508 e. The van der Waals surface area contributed by atoms with Crippen molar-refractivity contribution in [2.45, 2.75) is 66.2 Å². The molecule has 2 N–H and O–H groups in total. The summed E-state index contributed by atoms with van der Waals surface area (Å²) in [4.78, 5) is 13.1. The minimum Gasteiger partial charge on any atom is -0.508 e. The van der Waals surface area contributed by atoms with E-state index < -0.39 is 5.97 Å². The number of hydrogen-bond acceptors (Lipinski definition) is 3. The number of aromatic hydroxyl groups is 1. The van der Waals surface area contributed by atoms with Crippen molar-refractivity contribution < 1.29 is 15.0 Å². The van der Waals surface area contributed by atoms with Gasteiger partial charge in [-0.25, -0.2) is 4.79 Å². The third-order valence-corrected chi connectivity index (χ3v) is 4.10. The van der Waals surface area contributed by atoms with Gasteiger partial charge in [-0.05, 0) is 69.6 Å². The monoisotopic (exact) mass is 363 g/mol. The molecule has 0 heterocycles. The van der Waals surface area contributed by atoms with Crippen LogP contribution < -0.4 is 0 Å². The number of rotatable bonds is 11. The molecule has 0 bridgehead atoms. The standard InChI is InChI=1S/C12H27N.C10H10O3/c1-4-7-10-13(11-8-5-2)12-9-6-3;1-7(10(12)13)6-8-2-4-9(11)5-3-8/h4-12H2,1-3H3;2-6,11H,1H3,(H,12,13). The summed E-state index contributed by atoms with van der Waals surface area (Å²) in [5.41, 5.74) is 1.03. The van der Waals surface area contributed by atoms with Crippen LogP contribution in [0.3, 0.4) is 0 Å². The second kappa shape index (κ2) is 15.4. The Hall–Kier alpha value is -1.81. The Morgan fingerprint density at radius 1 is 0.923 bits per heavy atom. The lowest BCUT2D eigenvalue weighted by atomic mass is 10.1. The van der Waals surface area contributed by atoms with E-state index in [1.165, 1.54) is 77.2 Å². The van der Waals surface area contributed by atoms with Crippen LogP contribution in [0.25, 0.3) is 6.08 Å². The minimum absolute atomic E-state index is 0.171. The summed E-state index contributed by atoms with van der Waals surface area (Å²) < 4.78 is 0. The highest BCUT2D eigenvalue weighted by Crippen LogP contribution is 2.12. The van der Waals surface area contributed by atoms with Gasteiger partial charge in [-0.1, -0.05) is 52.2 Å². The molecular formula is C22H37NO3. The molecule has 26 heavy (non-hydrogen) atoms. The van der Waals surface area contributed by atoms with Crippen molar-refractivity contribution >= 4 is 12.0 Å². The van der Waals surface area contributed by atoms with Gasteiger partial charge in [0.05, 0.1) is 0 Å². The second-order valence-electron chi connectivity index (χ2n) is 6.63. The quantitative estimate of drug-likeness (QED) is 0.505. The third kappa shape index (κ3) is 12.5. The predicted octanol–water partition coefficient (Wildman–Crippen LogP) is 5.57. The van der Waals surface area contributed by atoms with Crippen LogP contribution in [0.4, 0.5) is 0 Å². The molecular weight excluding hydrogens is 326 g/mol. The molecule has 148 valence electrons. The number of phenolic OH excluding ortho intramolecular Hbond substituents is 1. The summed E-state index contributed by atoms with van der Waals surface area (Å²) in [6, 6.07) is 6.34. The number of nitrogens with zero attached hydrogens (tertiary/aromatic N) is 1. The number of carboxylic acids is 1. The van der Waals surface area contributed by atoms with E-state index in [0.29, 0.717) is 0 Å². The molecule has 0 saturated carbocycles. The number of aliphatic carboxylic acids is 1. The number of carboxylic acid groups (broad SMARTS) is 1. The molecule has 1 aromatic carbocycles. The van der Waals surface area contributed by atoms with Crippen molar-refractivity contribution in [2.24, 2.45) is 0 Å². The molecule has 0 fully saturated rings. The van der Waals surface area contributed by atoms with Gasteiger partial charge in [-0.2, -0.15) is 0 Å². The number of benzene rings is 1. The maximum Gasteiger partial charge on any atom is 0.331 e. The van der Waals surface area contributed by atoms with Crippen LogP contribution in [0.5, 0.6) is 5.75 Å². The molecule has 4 heteroatoms. The summed E-state index contributed by atoms with van der Waals surface area (Å²) in [6.45, 7) is 12.3. The highest BCUT2D eigenvalue weighted by Gasteiger charge is 2.02. The lowest BCUT2D eigenvalue weighted by Gasteiger charge is -2.21. The second-order valence-corrected chi connectivity index (χ2v) is 6.63. The zero-order valence-corrected chi connectivity index (χ0v) is 17.0. The molecule has 0 aromatic heterocycles. The molecule has 0 aliphatic carbocycles.